The summed E-state index contributed by atoms with van der Waals surface area (Å²) in [5, 5.41) is 14.7. The topological polar surface area (TPSA) is 93.8 Å². The lowest BCUT2D eigenvalue weighted by Gasteiger charge is -2.05. The monoisotopic (exact) mass is 327 g/mol. The second-order valence-electron chi connectivity index (χ2n) is 5.17. The Kier molecular flexibility index (Phi) is 5.62. The van der Waals surface area contributed by atoms with Gasteiger partial charge in [0.2, 0.25) is 0 Å². The number of benzene rings is 2. The van der Waals surface area contributed by atoms with Gasteiger partial charge in [-0.25, -0.2) is 5.43 Å². The van der Waals surface area contributed by atoms with Gasteiger partial charge in [0.15, 0.2) is 12.4 Å². The van der Waals surface area contributed by atoms with Crippen LogP contribution in [0.2, 0.25) is 0 Å². The van der Waals surface area contributed by atoms with E-state index in [-0.39, 0.29) is 18.0 Å². The minimum Gasteiger partial charge on any atom is -0.477 e. The molecule has 1 amide bonds. The third-order valence-electron chi connectivity index (χ3n) is 3.25. The van der Waals surface area contributed by atoms with Gasteiger partial charge in [-0.1, -0.05) is 35.9 Å². The van der Waals surface area contributed by atoms with Gasteiger partial charge in [-0.2, -0.15) is 5.10 Å². The van der Waals surface area contributed by atoms with Gasteiger partial charge >= 0.3 is 5.69 Å². The highest BCUT2D eigenvalue weighted by Crippen LogP contribution is 2.25. The molecule has 7 heteroatoms. The van der Waals surface area contributed by atoms with Gasteiger partial charge in [0.05, 0.1) is 11.1 Å². The van der Waals surface area contributed by atoms with Crippen LogP contribution in [0.15, 0.2) is 47.6 Å². The van der Waals surface area contributed by atoms with Crippen molar-refractivity contribution in [2.24, 2.45) is 5.10 Å². The van der Waals surface area contributed by atoms with Crippen molar-refractivity contribution >= 4 is 17.8 Å². The van der Waals surface area contributed by atoms with Crippen LogP contribution in [0.25, 0.3) is 0 Å². The van der Waals surface area contributed by atoms with Crippen LogP contribution >= 0.6 is 0 Å². The number of amides is 1. The van der Waals surface area contributed by atoms with Crippen molar-refractivity contribution in [3.8, 4) is 5.75 Å². The molecule has 0 aliphatic rings. The molecule has 0 bridgehead atoms. The molecule has 124 valence electrons. The largest absolute Gasteiger partial charge is 0.477 e. The molecule has 0 aliphatic heterocycles. The third-order valence-corrected chi connectivity index (χ3v) is 3.25. The molecule has 2 aromatic carbocycles. The van der Waals surface area contributed by atoms with Crippen LogP contribution in [0.5, 0.6) is 5.75 Å². The lowest BCUT2D eigenvalue weighted by atomic mass is 10.1. The number of aryl methyl sites for hydroxylation is 2. The van der Waals surface area contributed by atoms with Crippen LogP contribution in [-0.2, 0) is 4.79 Å². The molecule has 1 N–H and O–H groups in total. The Morgan fingerprint density at radius 1 is 1.29 bits per heavy atom. The molecule has 0 unspecified atom stereocenters. The average molecular weight is 327 g/mol. The second kappa shape index (κ2) is 7.87. The summed E-state index contributed by atoms with van der Waals surface area (Å²) >= 11 is 0. The van der Waals surface area contributed by atoms with E-state index in [9.17, 15) is 14.9 Å². The molecule has 0 aliphatic carbocycles. The number of para-hydroxylation sites is 2. The van der Waals surface area contributed by atoms with E-state index in [0.29, 0.717) is 0 Å². The molecule has 7 nitrogen and oxygen atoms in total. The summed E-state index contributed by atoms with van der Waals surface area (Å²) in [7, 11) is 0. The van der Waals surface area contributed by atoms with Gasteiger partial charge in [0.25, 0.3) is 5.91 Å². The first kappa shape index (κ1) is 17.1. The van der Waals surface area contributed by atoms with Crippen LogP contribution in [-0.4, -0.2) is 23.7 Å². The molecule has 0 aromatic heterocycles. The highest BCUT2D eigenvalue weighted by Gasteiger charge is 2.14. The van der Waals surface area contributed by atoms with E-state index in [4.69, 9.17) is 4.74 Å². The van der Waals surface area contributed by atoms with Gasteiger partial charge in [-0.05, 0) is 31.0 Å². The van der Waals surface area contributed by atoms with Gasteiger partial charge in [-0.3, -0.25) is 14.9 Å². The summed E-state index contributed by atoms with van der Waals surface area (Å²) in [6.07, 6.45) is 1.55. The minimum absolute atomic E-state index is 0.0381. The highest BCUT2D eigenvalue weighted by molar-refractivity contribution is 5.84. The minimum atomic E-state index is -0.564. The maximum absolute atomic E-state index is 11.7. The molecule has 0 radical (unpaired) electrons. The Morgan fingerprint density at radius 2 is 2.04 bits per heavy atom. The van der Waals surface area contributed by atoms with E-state index in [1.165, 1.54) is 18.2 Å². The van der Waals surface area contributed by atoms with Gasteiger partial charge in [-0.15, -0.1) is 0 Å². The first-order valence-corrected chi connectivity index (χ1v) is 7.23. The zero-order valence-corrected chi connectivity index (χ0v) is 13.4. The normalized spacial score (nSPS) is 10.6. The summed E-state index contributed by atoms with van der Waals surface area (Å²) < 4.78 is 5.18. The van der Waals surface area contributed by atoms with Crippen LogP contribution in [0.4, 0.5) is 5.69 Å². The Bertz CT molecular complexity index is 787. The molecule has 24 heavy (non-hydrogen) atoms. The van der Waals surface area contributed by atoms with E-state index >= 15 is 0 Å². The lowest BCUT2D eigenvalue weighted by molar-refractivity contribution is -0.385. The van der Waals surface area contributed by atoms with Crippen LogP contribution in [0.1, 0.15) is 16.7 Å². The zero-order chi connectivity index (χ0) is 17.5. The van der Waals surface area contributed by atoms with Crippen molar-refractivity contribution in [1.29, 1.82) is 0 Å². The van der Waals surface area contributed by atoms with Crippen molar-refractivity contribution in [2.75, 3.05) is 6.61 Å². The van der Waals surface area contributed by atoms with E-state index in [0.717, 1.165) is 16.7 Å². The van der Waals surface area contributed by atoms with Crippen LogP contribution in [0.3, 0.4) is 0 Å². The van der Waals surface area contributed by atoms with Crippen molar-refractivity contribution < 1.29 is 14.5 Å². The fourth-order valence-corrected chi connectivity index (χ4v) is 1.98. The number of hydrazone groups is 1. The quantitative estimate of drug-likeness (QED) is 0.501. The predicted molar refractivity (Wildman–Crippen MR) is 90.2 cm³/mol. The van der Waals surface area contributed by atoms with E-state index < -0.39 is 10.8 Å². The number of nitro benzene ring substituents is 1. The Hall–Kier alpha value is -3.22. The lowest BCUT2D eigenvalue weighted by Crippen LogP contribution is -2.24. The van der Waals surface area contributed by atoms with E-state index in [1.807, 2.05) is 32.0 Å². The molecule has 0 fully saturated rings. The Morgan fingerprint density at radius 3 is 2.79 bits per heavy atom. The van der Waals surface area contributed by atoms with Gasteiger partial charge in [0, 0.05) is 6.07 Å². The van der Waals surface area contributed by atoms with Crippen molar-refractivity contribution in [2.45, 2.75) is 13.8 Å². The summed E-state index contributed by atoms with van der Waals surface area (Å²) in [6, 6.07) is 11.8. The number of rotatable bonds is 6. The van der Waals surface area contributed by atoms with Gasteiger partial charge in [0.1, 0.15) is 0 Å². The number of carbonyl (C=O) groups is 1. The molecule has 0 spiro atoms. The number of nitrogens with one attached hydrogen (secondary N) is 1. The van der Waals surface area contributed by atoms with E-state index in [1.54, 1.807) is 12.3 Å². The maximum atomic E-state index is 11.7. The predicted octanol–water partition coefficient (Wildman–Crippen LogP) is 2.74. The molecule has 0 saturated carbocycles. The SMILES string of the molecule is Cc1ccc(C)c(/C=N\NC(=O)COc2ccccc2[N+](=O)[O-])c1. The molecular formula is C17H17N3O4. The Balaban J connectivity index is 1.91. The summed E-state index contributed by atoms with van der Waals surface area (Å²) in [4.78, 5) is 22.0. The van der Waals surface area contributed by atoms with E-state index in [2.05, 4.69) is 10.5 Å². The van der Waals surface area contributed by atoms with Crippen LogP contribution < -0.4 is 10.2 Å². The third kappa shape index (κ3) is 4.64. The molecule has 0 saturated heterocycles. The Labute approximate surface area is 139 Å². The zero-order valence-electron chi connectivity index (χ0n) is 13.4. The van der Waals surface area contributed by atoms with Crippen molar-refractivity contribution in [3.05, 3.63) is 69.3 Å². The number of ether oxygens (including phenoxy) is 1. The van der Waals surface area contributed by atoms with Crippen LogP contribution in [0, 0.1) is 24.0 Å². The number of nitrogens with zero attached hydrogens (tertiary/aromatic N) is 2. The van der Waals surface area contributed by atoms with Crippen molar-refractivity contribution in [3.63, 3.8) is 0 Å². The summed E-state index contributed by atoms with van der Waals surface area (Å²) in [6.45, 7) is 3.55. The smallest absolute Gasteiger partial charge is 0.310 e. The number of nitro groups is 1. The molecule has 2 rings (SSSR count). The maximum Gasteiger partial charge on any atom is 0.310 e. The molecule has 2 aromatic rings. The molecule has 0 heterocycles. The fourth-order valence-electron chi connectivity index (χ4n) is 1.98. The fraction of sp³-hybridized carbons (Fsp3) is 0.176. The summed E-state index contributed by atoms with van der Waals surface area (Å²) in [5.74, 6) is -0.467. The van der Waals surface area contributed by atoms with Gasteiger partial charge < -0.3 is 4.74 Å². The first-order chi connectivity index (χ1) is 11.5. The summed E-state index contributed by atoms with van der Waals surface area (Å²) in [5.41, 5.74) is 5.17. The number of carbonyl (C=O) groups excluding carboxylic acids is 1. The molecular weight excluding hydrogens is 310 g/mol. The standard InChI is InChI=1S/C17H17N3O4/c1-12-7-8-13(2)14(9-12)10-18-19-17(21)11-24-16-6-4-3-5-15(16)20(22)23/h3-10H,11H2,1-2H3,(H,19,21)/b18-10-. The second-order valence-corrected chi connectivity index (χ2v) is 5.17. The number of hydrogen-bond donors (Lipinski definition) is 1. The highest BCUT2D eigenvalue weighted by atomic mass is 16.6. The average Bonchev–Trinajstić information content (AvgIpc) is 2.56. The number of hydrogen-bond acceptors (Lipinski definition) is 5. The first-order valence-electron chi connectivity index (χ1n) is 7.23. The molecule has 0 atom stereocenters. The van der Waals surface area contributed by atoms with Crippen molar-refractivity contribution in [1.82, 2.24) is 5.43 Å².